The van der Waals surface area contributed by atoms with Crippen molar-refractivity contribution in [2.45, 2.75) is 20.1 Å². The van der Waals surface area contributed by atoms with Gasteiger partial charge in [0.1, 0.15) is 11.8 Å². The van der Waals surface area contributed by atoms with E-state index in [9.17, 15) is 5.26 Å². The number of ether oxygens (including phenoxy) is 1. The number of hydrogen-bond donors (Lipinski definition) is 1. The highest BCUT2D eigenvalue weighted by atomic mass is 16.5. The van der Waals surface area contributed by atoms with Crippen LogP contribution in [0.25, 0.3) is 0 Å². The highest BCUT2D eigenvalue weighted by Gasteiger charge is 2.13. The largest absolute Gasteiger partial charge is 0.484 e. The molecular formula is C18H16N4O2. The van der Waals surface area contributed by atoms with Gasteiger partial charge < -0.3 is 14.5 Å². The maximum atomic E-state index is 9.19. The number of nitrogens with one attached hydrogen (secondary N) is 1. The normalized spacial score (nSPS) is 10.2. The summed E-state index contributed by atoms with van der Waals surface area (Å²) in [5, 5.41) is 12.3. The molecule has 0 atom stereocenters. The fraction of sp³-hybridized carbons (Fsp3) is 0.167. The van der Waals surface area contributed by atoms with Gasteiger partial charge in [-0.2, -0.15) is 10.2 Å². The van der Waals surface area contributed by atoms with Gasteiger partial charge in [-0.15, -0.1) is 0 Å². The topological polar surface area (TPSA) is 84.0 Å². The van der Waals surface area contributed by atoms with Gasteiger partial charge >= 0.3 is 0 Å². The molecule has 24 heavy (non-hydrogen) atoms. The molecule has 0 amide bonds. The van der Waals surface area contributed by atoms with Crippen LogP contribution in [0.3, 0.4) is 0 Å². The van der Waals surface area contributed by atoms with Crippen LogP contribution in [0.1, 0.15) is 22.7 Å². The number of benzene rings is 1. The molecular weight excluding hydrogens is 304 g/mol. The zero-order valence-electron chi connectivity index (χ0n) is 13.2. The number of oxazole rings is 1. The first-order valence-corrected chi connectivity index (χ1v) is 7.47. The summed E-state index contributed by atoms with van der Waals surface area (Å²) in [5.41, 5.74) is 2.22. The minimum Gasteiger partial charge on any atom is -0.484 e. The van der Waals surface area contributed by atoms with Crippen molar-refractivity contribution >= 4 is 5.88 Å². The van der Waals surface area contributed by atoms with E-state index in [1.165, 1.54) is 0 Å². The van der Waals surface area contributed by atoms with Gasteiger partial charge in [0.05, 0.1) is 0 Å². The zero-order chi connectivity index (χ0) is 16.8. The molecule has 0 spiro atoms. The lowest BCUT2D eigenvalue weighted by Crippen LogP contribution is -2.00. The van der Waals surface area contributed by atoms with E-state index in [1.807, 2.05) is 49.4 Å². The van der Waals surface area contributed by atoms with E-state index in [2.05, 4.69) is 15.3 Å². The molecule has 0 aliphatic heterocycles. The molecule has 0 bridgehead atoms. The second kappa shape index (κ2) is 7.29. The Bertz CT molecular complexity index is 853. The molecule has 0 aliphatic carbocycles. The molecule has 6 nitrogen and oxygen atoms in total. The molecule has 0 aliphatic rings. The third-order valence-corrected chi connectivity index (χ3v) is 3.40. The molecule has 0 radical (unpaired) electrons. The van der Waals surface area contributed by atoms with Crippen molar-refractivity contribution in [1.82, 2.24) is 9.97 Å². The van der Waals surface area contributed by atoms with Crippen molar-refractivity contribution in [3.63, 3.8) is 0 Å². The Morgan fingerprint density at radius 2 is 2.12 bits per heavy atom. The summed E-state index contributed by atoms with van der Waals surface area (Å²) >= 11 is 0. The SMILES string of the molecule is Cc1ccccc1OCc1nc(C#N)c(NCc2cccnc2)o1. The summed E-state index contributed by atoms with van der Waals surface area (Å²) in [6.45, 7) is 2.62. The number of aryl methyl sites for hydroxylation is 1. The predicted molar refractivity (Wildman–Crippen MR) is 88.3 cm³/mol. The van der Waals surface area contributed by atoms with Crippen LogP contribution in [-0.2, 0) is 13.2 Å². The number of hydrogen-bond acceptors (Lipinski definition) is 6. The third kappa shape index (κ3) is 3.70. The summed E-state index contributed by atoms with van der Waals surface area (Å²) in [4.78, 5) is 8.20. The molecule has 0 saturated heterocycles. The lowest BCUT2D eigenvalue weighted by atomic mass is 10.2. The van der Waals surface area contributed by atoms with Crippen LogP contribution in [0.15, 0.2) is 53.2 Å². The van der Waals surface area contributed by atoms with Crippen molar-refractivity contribution in [3.8, 4) is 11.8 Å². The van der Waals surface area contributed by atoms with E-state index in [0.717, 1.165) is 16.9 Å². The molecule has 3 rings (SSSR count). The maximum absolute atomic E-state index is 9.19. The average molecular weight is 320 g/mol. The van der Waals surface area contributed by atoms with Crippen molar-refractivity contribution < 1.29 is 9.15 Å². The third-order valence-electron chi connectivity index (χ3n) is 3.40. The highest BCUT2D eigenvalue weighted by Crippen LogP contribution is 2.21. The first kappa shape index (κ1) is 15.6. The van der Waals surface area contributed by atoms with Crippen LogP contribution >= 0.6 is 0 Å². The van der Waals surface area contributed by atoms with E-state index in [1.54, 1.807) is 12.4 Å². The number of aromatic nitrogens is 2. The number of para-hydroxylation sites is 1. The second-order valence-electron chi connectivity index (χ2n) is 5.17. The Balaban J connectivity index is 1.66. The first-order chi connectivity index (χ1) is 11.8. The van der Waals surface area contributed by atoms with Crippen molar-refractivity contribution in [2.75, 3.05) is 5.32 Å². The predicted octanol–water partition coefficient (Wildman–Crippen LogP) is 3.44. The Morgan fingerprint density at radius 1 is 1.25 bits per heavy atom. The van der Waals surface area contributed by atoms with Crippen LogP contribution in [-0.4, -0.2) is 9.97 Å². The van der Waals surface area contributed by atoms with Crippen LogP contribution in [0, 0.1) is 18.3 Å². The average Bonchev–Trinajstić information content (AvgIpc) is 3.02. The van der Waals surface area contributed by atoms with Crippen LogP contribution in [0.4, 0.5) is 5.88 Å². The monoisotopic (exact) mass is 320 g/mol. The Kier molecular flexibility index (Phi) is 4.73. The second-order valence-corrected chi connectivity index (χ2v) is 5.17. The molecule has 0 unspecified atom stereocenters. The van der Waals surface area contributed by atoms with E-state index in [-0.39, 0.29) is 12.3 Å². The molecule has 2 aromatic heterocycles. The minimum atomic E-state index is 0.161. The maximum Gasteiger partial charge on any atom is 0.236 e. The summed E-state index contributed by atoms with van der Waals surface area (Å²) in [6, 6.07) is 13.5. The van der Waals surface area contributed by atoms with Gasteiger partial charge in [-0.1, -0.05) is 24.3 Å². The van der Waals surface area contributed by atoms with E-state index in [4.69, 9.17) is 9.15 Å². The van der Waals surface area contributed by atoms with Gasteiger partial charge in [0.25, 0.3) is 0 Å². The van der Waals surface area contributed by atoms with E-state index < -0.39 is 0 Å². The highest BCUT2D eigenvalue weighted by molar-refractivity contribution is 5.45. The lowest BCUT2D eigenvalue weighted by molar-refractivity contribution is 0.263. The number of anilines is 1. The van der Waals surface area contributed by atoms with Crippen molar-refractivity contribution in [3.05, 3.63) is 71.5 Å². The smallest absolute Gasteiger partial charge is 0.236 e. The minimum absolute atomic E-state index is 0.161. The molecule has 120 valence electrons. The zero-order valence-corrected chi connectivity index (χ0v) is 13.2. The molecule has 6 heteroatoms. The van der Waals surface area contributed by atoms with Gasteiger partial charge in [-0.25, -0.2) is 0 Å². The van der Waals surface area contributed by atoms with E-state index >= 15 is 0 Å². The molecule has 2 heterocycles. The molecule has 1 aromatic carbocycles. The summed E-state index contributed by atoms with van der Waals surface area (Å²) in [5.74, 6) is 1.45. The fourth-order valence-corrected chi connectivity index (χ4v) is 2.16. The van der Waals surface area contributed by atoms with Gasteiger partial charge in [0, 0.05) is 18.9 Å². The van der Waals surface area contributed by atoms with Crippen LogP contribution in [0.5, 0.6) is 5.75 Å². The Labute approximate surface area is 139 Å². The summed E-state index contributed by atoms with van der Waals surface area (Å²) < 4.78 is 11.3. The van der Waals surface area contributed by atoms with E-state index in [0.29, 0.717) is 18.3 Å². The molecule has 0 fully saturated rings. The van der Waals surface area contributed by atoms with Gasteiger partial charge in [-0.05, 0) is 30.2 Å². The quantitative estimate of drug-likeness (QED) is 0.749. The van der Waals surface area contributed by atoms with Gasteiger partial charge in [0.15, 0.2) is 6.61 Å². The van der Waals surface area contributed by atoms with Crippen molar-refractivity contribution in [1.29, 1.82) is 5.26 Å². The van der Waals surface area contributed by atoms with Crippen LogP contribution in [0.2, 0.25) is 0 Å². The van der Waals surface area contributed by atoms with Crippen LogP contribution < -0.4 is 10.1 Å². The molecule has 1 N–H and O–H groups in total. The number of nitriles is 1. The number of rotatable bonds is 6. The molecule has 0 saturated carbocycles. The fourth-order valence-electron chi connectivity index (χ4n) is 2.16. The Morgan fingerprint density at radius 3 is 2.88 bits per heavy atom. The first-order valence-electron chi connectivity index (χ1n) is 7.47. The lowest BCUT2D eigenvalue weighted by Gasteiger charge is -2.06. The summed E-state index contributed by atoms with van der Waals surface area (Å²) in [6.07, 6.45) is 3.46. The van der Waals surface area contributed by atoms with Crippen molar-refractivity contribution in [2.24, 2.45) is 0 Å². The standard InChI is InChI=1S/C18H16N4O2/c1-13-5-2-3-7-16(13)23-12-17-22-15(9-19)18(24-17)21-11-14-6-4-8-20-10-14/h2-8,10,21H,11-12H2,1H3. The van der Waals surface area contributed by atoms with Gasteiger partial charge in [-0.3, -0.25) is 4.98 Å². The molecule has 3 aromatic rings. The number of pyridine rings is 1. The van der Waals surface area contributed by atoms with Gasteiger partial charge in [0.2, 0.25) is 17.5 Å². The number of nitrogens with zero attached hydrogens (tertiary/aromatic N) is 3. The Hall–Kier alpha value is -3.33. The summed E-state index contributed by atoms with van der Waals surface area (Å²) in [7, 11) is 0.